The number of para-hydroxylation sites is 1. The molecule has 0 spiro atoms. The van der Waals surface area contributed by atoms with Gasteiger partial charge in [-0.3, -0.25) is 0 Å². The Morgan fingerprint density at radius 1 is 0.952 bits per heavy atom. The minimum absolute atomic E-state index is 0.717. The van der Waals surface area contributed by atoms with E-state index in [0.29, 0.717) is 5.88 Å². The molecule has 0 saturated carbocycles. The lowest BCUT2D eigenvalue weighted by molar-refractivity contribution is 0.315. The highest BCUT2D eigenvalue weighted by Crippen LogP contribution is 2.13. The maximum Gasteiger partial charge on any atom is 0.119 e. The summed E-state index contributed by atoms with van der Waals surface area (Å²) in [5.41, 5.74) is 2.50. The van der Waals surface area contributed by atoms with Gasteiger partial charge >= 0.3 is 0 Å². The molecule has 1 N–H and O–H groups in total. The lowest BCUT2D eigenvalue weighted by atomic mass is 10.1. The van der Waals surface area contributed by atoms with Gasteiger partial charge < -0.3 is 10.1 Å². The highest BCUT2D eigenvalue weighted by Gasteiger charge is 1.97. The van der Waals surface area contributed by atoms with E-state index in [-0.39, 0.29) is 0 Å². The van der Waals surface area contributed by atoms with E-state index in [1.54, 1.807) is 0 Å². The van der Waals surface area contributed by atoms with Crippen LogP contribution < -0.4 is 10.1 Å². The topological polar surface area (TPSA) is 21.3 Å². The molecule has 0 aliphatic carbocycles. The molecule has 0 heterocycles. The number of ether oxygens (including phenoxy) is 1. The fourth-order valence-electron chi connectivity index (χ4n) is 2.12. The second kappa shape index (κ2) is 9.30. The van der Waals surface area contributed by atoms with Crippen molar-refractivity contribution in [2.75, 3.05) is 24.3 Å². The van der Waals surface area contributed by atoms with Crippen LogP contribution in [0.15, 0.2) is 54.6 Å². The average molecular weight is 304 g/mol. The SMILES string of the molecule is ClCCCc1cccc(NCCCOc2ccccc2)c1. The Labute approximate surface area is 132 Å². The number of alkyl halides is 1. The van der Waals surface area contributed by atoms with Gasteiger partial charge in [0.15, 0.2) is 0 Å². The summed E-state index contributed by atoms with van der Waals surface area (Å²) >= 11 is 5.73. The van der Waals surface area contributed by atoms with Gasteiger partial charge in [0.2, 0.25) is 0 Å². The van der Waals surface area contributed by atoms with Gasteiger partial charge in [0, 0.05) is 18.1 Å². The van der Waals surface area contributed by atoms with Crippen molar-refractivity contribution in [3.8, 4) is 5.75 Å². The number of benzene rings is 2. The van der Waals surface area contributed by atoms with Gasteiger partial charge in [-0.2, -0.15) is 0 Å². The molecule has 0 atom stereocenters. The molecule has 21 heavy (non-hydrogen) atoms. The van der Waals surface area contributed by atoms with Crippen LogP contribution in [0, 0.1) is 0 Å². The van der Waals surface area contributed by atoms with Gasteiger partial charge in [0.05, 0.1) is 6.61 Å². The van der Waals surface area contributed by atoms with Crippen molar-refractivity contribution in [3.63, 3.8) is 0 Å². The third-order valence-electron chi connectivity index (χ3n) is 3.19. The van der Waals surface area contributed by atoms with Crippen LogP contribution in [-0.2, 0) is 6.42 Å². The molecule has 0 unspecified atom stereocenters. The number of anilines is 1. The summed E-state index contributed by atoms with van der Waals surface area (Å²) in [6.45, 7) is 1.63. The number of halogens is 1. The van der Waals surface area contributed by atoms with E-state index in [9.17, 15) is 0 Å². The van der Waals surface area contributed by atoms with E-state index in [1.807, 2.05) is 30.3 Å². The normalized spacial score (nSPS) is 10.3. The first kappa shape index (κ1) is 15.7. The van der Waals surface area contributed by atoms with Crippen molar-refractivity contribution in [1.29, 1.82) is 0 Å². The van der Waals surface area contributed by atoms with Gasteiger partial charge in [-0.15, -0.1) is 11.6 Å². The molecule has 2 aromatic carbocycles. The third-order valence-corrected chi connectivity index (χ3v) is 3.46. The maximum absolute atomic E-state index is 5.73. The minimum Gasteiger partial charge on any atom is -0.494 e. The molecule has 0 radical (unpaired) electrons. The van der Waals surface area contributed by atoms with Crippen molar-refractivity contribution in [1.82, 2.24) is 0 Å². The lowest BCUT2D eigenvalue weighted by Gasteiger charge is -2.09. The van der Waals surface area contributed by atoms with E-state index >= 15 is 0 Å². The molecule has 3 heteroatoms. The van der Waals surface area contributed by atoms with E-state index in [4.69, 9.17) is 16.3 Å². The molecule has 0 amide bonds. The number of rotatable bonds is 9. The van der Waals surface area contributed by atoms with E-state index in [1.165, 1.54) is 11.3 Å². The zero-order valence-electron chi connectivity index (χ0n) is 12.2. The van der Waals surface area contributed by atoms with Gasteiger partial charge in [0.25, 0.3) is 0 Å². The monoisotopic (exact) mass is 303 g/mol. The quantitative estimate of drug-likeness (QED) is 0.534. The number of aryl methyl sites for hydroxylation is 1. The highest BCUT2D eigenvalue weighted by molar-refractivity contribution is 6.17. The van der Waals surface area contributed by atoms with Crippen LogP contribution in [-0.4, -0.2) is 19.0 Å². The van der Waals surface area contributed by atoms with Crippen LogP contribution in [0.4, 0.5) is 5.69 Å². The van der Waals surface area contributed by atoms with Crippen LogP contribution in [0.25, 0.3) is 0 Å². The molecule has 2 nitrogen and oxygen atoms in total. The number of hydrogen-bond donors (Lipinski definition) is 1. The van der Waals surface area contributed by atoms with Crippen molar-refractivity contribution < 1.29 is 4.74 Å². The van der Waals surface area contributed by atoms with Crippen LogP contribution in [0.3, 0.4) is 0 Å². The summed E-state index contributed by atoms with van der Waals surface area (Å²) in [5.74, 6) is 1.65. The Morgan fingerprint density at radius 2 is 1.81 bits per heavy atom. The van der Waals surface area contributed by atoms with Gasteiger partial charge in [-0.1, -0.05) is 30.3 Å². The Hall–Kier alpha value is -1.67. The Morgan fingerprint density at radius 3 is 2.62 bits per heavy atom. The first-order chi connectivity index (χ1) is 10.4. The van der Waals surface area contributed by atoms with Crippen LogP contribution >= 0.6 is 11.6 Å². The first-order valence-electron chi connectivity index (χ1n) is 7.45. The summed E-state index contributed by atoms with van der Waals surface area (Å²) in [7, 11) is 0. The van der Waals surface area contributed by atoms with E-state index in [2.05, 4.69) is 29.6 Å². The fourth-order valence-corrected chi connectivity index (χ4v) is 2.25. The van der Waals surface area contributed by atoms with Crippen molar-refractivity contribution >= 4 is 17.3 Å². The van der Waals surface area contributed by atoms with Crippen molar-refractivity contribution in [2.24, 2.45) is 0 Å². The van der Waals surface area contributed by atoms with Crippen LogP contribution in [0.2, 0.25) is 0 Å². The molecule has 0 aliphatic rings. The van der Waals surface area contributed by atoms with E-state index < -0.39 is 0 Å². The van der Waals surface area contributed by atoms with E-state index in [0.717, 1.165) is 38.2 Å². The molecule has 0 bridgehead atoms. The standard InChI is InChI=1S/C18H22ClNO/c19-12-5-8-16-7-4-9-17(15-16)20-13-6-14-21-18-10-2-1-3-11-18/h1-4,7,9-11,15,20H,5-6,8,12-14H2. The average Bonchev–Trinajstić information content (AvgIpc) is 2.54. The fraction of sp³-hybridized carbons (Fsp3) is 0.333. The first-order valence-corrected chi connectivity index (χ1v) is 7.98. The second-order valence-corrected chi connectivity index (χ2v) is 5.31. The van der Waals surface area contributed by atoms with Crippen molar-refractivity contribution in [3.05, 3.63) is 60.2 Å². The zero-order chi connectivity index (χ0) is 14.8. The molecule has 0 saturated heterocycles. The summed E-state index contributed by atoms with van der Waals surface area (Å²) in [5, 5.41) is 3.43. The highest BCUT2D eigenvalue weighted by atomic mass is 35.5. The molecule has 112 valence electrons. The molecule has 0 aliphatic heterocycles. The second-order valence-electron chi connectivity index (χ2n) is 4.93. The molecular formula is C18H22ClNO. The molecule has 0 aromatic heterocycles. The summed E-state index contributed by atoms with van der Waals surface area (Å²) in [6.07, 6.45) is 3.03. The minimum atomic E-state index is 0.717. The molecule has 2 aromatic rings. The lowest BCUT2D eigenvalue weighted by Crippen LogP contribution is -2.07. The van der Waals surface area contributed by atoms with Crippen LogP contribution in [0.1, 0.15) is 18.4 Å². The Kier molecular flexibility index (Phi) is 6.96. The smallest absolute Gasteiger partial charge is 0.119 e. The predicted molar refractivity (Wildman–Crippen MR) is 90.5 cm³/mol. The predicted octanol–water partition coefficient (Wildman–Crippen LogP) is 4.74. The summed E-state index contributed by atoms with van der Waals surface area (Å²) < 4.78 is 5.67. The summed E-state index contributed by atoms with van der Waals surface area (Å²) in [6, 6.07) is 18.5. The summed E-state index contributed by atoms with van der Waals surface area (Å²) in [4.78, 5) is 0. The Balaban J connectivity index is 1.66. The maximum atomic E-state index is 5.73. The number of nitrogens with one attached hydrogen (secondary N) is 1. The van der Waals surface area contributed by atoms with Gasteiger partial charge in [0.1, 0.15) is 5.75 Å². The van der Waals surface area contributed by atoms with Gasteiger partial charge in [-0.25, -0.2) is 0 Å². The number of hydrogen-bond acceptors (Lipinski definition) is 2. The van der Waals surface area contributed by atoms with Crippen molar-refractivity contribution in [2.45, 2.75) is 19.3 Å². The molecule has 2 rings (SSSR count). The third kappa shape index (κ3) is 6.09. The van der Waals surface area contributed by atoms with Crippen LogP contribution in [0.5, 0.6) is 5.75 Å². The largest absolute Gasteiger partial charge is 0.494 e. The molecule has 0 fully saturated rings. The molecular weight excluding hydrogens is 282 g/mol. The van der Waals surface area contributed by atoms with Gasteiger partial charge in [-0.05, 0) is 49.1 Å². The zero-order valence-corrected chi connectivity index (χ0v) is 13.0. The Bertz CT molecular complexity index is 516.